The SMILES string of the molecule is CC(C)(C)[Si](C)(C)OC(O)CC#CCCO. The van der Waals surface area contributed by atoms with Crippen LogP contribution >= 0.6 is 0 Å². The second-order valence-electron chi connectivity index (χ2n) is 5.36. The van der Waals surface area contributed by atoms with Crippen molar-refractivity contribution in [2.75, 3.05) is 6.61 Å². The smallest absolute Gasteiger partial charge is 0.195 e. The van der Waals surface area contributed by atoms with Gasteiger partial charge >= 0.3 is 0 Å². The molecular weight excluding hydrogens is 220 g/mol. The van der Waals surface area contributed by atoms with Gasteiger partial charge in [0.05, 0.1) is 13.0 Å². The van der Waals surface area contributed by atoms with Gasteiger partial charge < -0.3 is 14.6 Å². The van der Waals surface area contributed by atoms with Gasteiger partial charge in [-0.1, -0.05) is 26.7 Å². The zero-order valence-electron chi connectivity index (χ0n) is 11.0. The van der Waals surface area contributed by atoms with Gasteiger partial charge in [0.15, 0.2) is 14.6 Å². The lowest BCUT2D eigenvalue weighted by atomic mass is 10.2. The maximum Gasteiger partial charge on any atom is 0.195 e. The van der Waals surface area contributed by atoms with Crippen molar-refractivity contribution >= 4 is 8.32 Å². The van der Waals surface area contributed by atoms with Crippen LogP contribution < -0.4 is 0 Å². The molecule has 0 saturated heterocycles. The van der Waals surface area contributed by atoms with Gasteiger partial charge in [0, 0.05) is 6.42 Å². The fraction of sp³-hybridized carbons (Fsp3) is 0.833. The number of rotatable bonds is 4. The van der Waals surface area contributed by atoms with Crippen molar-refractivity contribution in [1.29, 1.82) is 0 Å². The molecule has 0 bridgehead atoms. The van der Waals surface area contributed by atoms with Crippen LogP contribution in [0, 0.1) is 11.8 Å². The molecule has 0 aromatic rings. The number of aliphatic hydroxyl groups is 2. The lowest BCUT2D eigenvalue weighted by Crippen LogP contribution is -2.43. The molecule has 1 unspecified atom stereocenters. The summed E-state index contributed by atoms with van der Waals surface area (Å²) in [7, 11) is -1.90. The Hall–Kier alpha value is -0.343. The second kappa shape index (κ2) is 6.41. The maximum absolute atomic E-state index is 9.69. The van der Waals surface area contributed by atoms with Crippen LogP contribution in [-0.4, -0.2) is 31.4 Å². The first-order valence-electron chi connectivity index (χ1n) is 5.63. The van der Waals surface area contributed by atoms with Gasteiger partial charge in [-0.25, -0.2) is 0 Å². The van der Waals surface area contributed by atoms with Crippen molar-refractivity contribution in [2.24, 2.45) is 0 Å². The van der Waals surface area contributed by atoms with E-state index in [4.69, 9.17) is 9.53 Å². The van der Waals surface area contributed by atoms with E-state index in [1.54, 1.807) is 0 Å². The second-order valence-corrected chi connectivity index (χ2v) is 10.1. The molecule has 0 rings (SSSR count). The summed E-state index contributed by atoms with van der Waals surface area (Å²) >= 11 is 0. The Kier molecular flexibility index (Phi) is 6.27. The lowest BCUT2D eigenvalue weighted by molar-refractivity contribution is -0.0230. The van der Waals surface area contributed by atoms with E-state index in [2.05, 4.69) is 45.7 Å². The molecule has 0 fully saturated rings. The van der Waals surface area contributed by atoms with E-state index in [0.29, 0.717) is 12.8 Å². The monoisotopic (exact) mass is 244 g/mol. The number of aliphatic hydroxyl groups excluding tert-OH is 2. The Morgan fingerprint density at radius 3 is 2.25 bits per heavy atom. The van der Waals surface area contributed by atoms with Gasteiger partial charge in [0.1, 0.15) is 0 Å². The molecular formula is C12H24O3Si. The Balaban J connectivity index is 4.16. The maximum atomic E-state index is 9.69. The van der Waals surface area contributed by atoms with Crippen molar-refractivity contribution in [1.82, 2.24) is 0 Å². The summed E-state index contributed by atoms with van der Waals surface area (Å²) in [5, 5.41) is 18.3. The van der Waals surface area contributed by atoms with Crippen molar-refractivity contribution in [3.63, 3.8) is 0 Å². The topological polar surface area (TPSA) is 49.7 Å². The zero-order valence-corrected chi connectivity index (χ0v) is 12.0. The normalized spacial score (nSPS) is 14.2. The molecule has 2 N–H and O–H groups in total. The van der Waals surface area contributed by atoms with E-state index in [9.17, 15) is 5.11 Å². The first kappa shape index (κ1) is 15.7. The summed E-state index contributed by atoms with van der Waals surface area (Å²) in [5.74, 6) is 5.56. The van der Waals surface area contributed by atoms with Crippen molar-refractivity contribution in [3.05, 3.63) is 0 Å². The van der Waals surface area contributed by atoms with Gasteiger partial charge in [-0.15, -0.1) is 5.92 Å². The molecule has 94 valence electrons. The molecule has 0 aromatic heterocycles. The zero-order chi connectivity index (χ0) is 12.8. The fourth-order valence-corrected chi connectivity index (χ4v) is 1.98. The predicted molar refractivity (Wildman–Crippen MR) is 68.4 cm³/mol. The van der Waals surface area contributed by atoms with E-state index < -0.39 is 14.6 Å². The molecule has 0 aliphatic heterocycles. The van der Waals surface area contributed by atoms with Crippen molar-refractivity contribution < 1.29 is 14.6 Å². The number of hydrogen-bond donors (Lipinski definition) is 2. The molecule has 0 saturated carbocycles. The Morgan fingerprint density at radius 1 is 1.25 bits per heavy atom. The van der Waals surface area contributed by atoms with Crippen LogP contribution in [-0.2, 0) is 4.43 Å². The highest BCUT2D eigenvalue weighted by molar-refractivity contribution is 6.74. The van der Waals surface area contributed by atoms with Gasteiger partial charge in [-0.05, 0) is 18.1 Å². The van der Waals surface area contributed by atoms with Crippen molar-refractivity contribution in [2.45, 2.75) is 58.0 Å². The third-order valence-electron chi connectivity index (χ3n) is 2.88. The van der Waals surface area contributed by atoms with Crippen LogP contribution in [0.15, 0.2) is 0 Å². The molecule has 0 aliphatic rings. The highest BCUT2D eigenvalue weighted by Crippen LogP contribution is 2.37. The quantitative estimate of drug-likeness (QED) is 0.452. The van der Waals surface area contributed by atoms with Crippen molar-refractivity contribution in [3.8, 4) is 11.8 Å². The molecule has 1 atom stereocenters. The van der Waals surface area contributed by atoms with E-state index >= 15 is 0 Å². The summed E-state index contributed by atoms with van der Waals surface area (Å²) in [6.07, 6.45) is -0.0497. The van der Waals surface area contributed by atoms with Crippen LogP contribution in [0.5, 0.6) is 0 Å². The van der Waals surface area contributed by atoms with Gasteiger partial charge in [-0.3, -0.25) is 0 Å². The molecule has 0 amide bonds. The number of hydrogen-bond acceptors (Lipinski definition) is 3. The minimum Gasteiger partial charge on any atom is -0.395 e. The summed E-state index contributed by atoms with van der Waals surface area (Å²) in [6.45, 7) is 10.6. The van der Waals surface area contributed by atoms with Gasteiger partial charge in [0.25, 0.3) is 0 Å². The summed E-state index contributed by atoms with van der Waals surface area (Å²) < 4.78 is 5.71. The highest BCUT2D eigenvalue weighted by Gasteiger charge is 2.38. The van der Waals surface area contributed by atoms with Gasteiger partial charge in [0.2, 0.25) is 0 Å². The standard InChI is InChI=1S/C12H24O3Si/c1-12(2,3)16(4,5)15-11(14)9-7-6-8-10-13/h11,13-14H,8-10H2,1-5H3. The molecule has 16 heavy (non-hydrogen) atoms. The molecule has 3 nitrogen and oxygen atoms in total. The summed E-state index contributed by atoms with van der Waals surface area (Å²) in [6, 6.07) is 0. The molecule has 0 aromatic carbocycles. The molecule has 0 radical (unpaired) electrons. The Labute approximate surface area is 100.0 Å². The average Bonchev–Trinajstić information content (AvgIpc) is 2.10. The molecule has 0 aliphatic carbocycles. The van der Waals surface area contributed by atoms with E-state index in [0.717, 1.165) is 0 Å². The average molecular weight is 244 g/mol. The van der Waals surface area contributed by atoms with Crippen LogP contribution in [0.2, 0.25) is 18.1 Å². The van der Waals surface area contributed by atoms with E-state index in [-0.39, 0.29) is 11.6 Å². The minimum absolute atomic E-state index is 0.0617. The largest absolute Gasteiger partial charge is 0.395 e. The first-order chi connectivity index (χ1) is 7.20. The van der Waals surface area contributed by atoms with Crippen LogP contribution in [0.3, 0.4) is 0 Å². The summed E-state index contributed by atoms with van der Waals surface area (Å²) in [4.78, 5) is 0. The molecule has 4 heteroatoms. The van der Waals surface area contributed by atoms with Crippen LogP contribution in [0.4, 0.5) is 0 Å². The fourth-order valence-electron chi connectivity index (χ4n) is 0.862. The summed E-state index contributed by atoms with van der Waals surface area (Å²) in [5.41, 5.74) is 0. The third kappa shape index (κ3) is 5.66. The third-order valence-corrected chi connectivity index (χ3v) is 7.35. The van der Waals surface area contributed by atoms with Crippen LogP contribution in [0.1, 0.15) is 33.6 Å². The highest BCUT2D eigenvalue weighted by atomic mass is 28.4. The first-order valence-corrected chi connectivity index (χ1v) is 8.54. The van der Waals surface area contributed by atoms with E-state index in [1.807, 2.05) is 0 Å². The van der Waals surface area contributed by atoms with Crippen LogP contribution in [0.25, 0.3) is 0 Å². The van der Waals surface area contributed by atoms with Gasteiger partial charge in [-0.2, -0.15) is 0 Å². The Bertz CT molecular complexity index is 258. The Morgan fingerprint density at radius 2 is 1.81 bits per heavy atom. The lowest BCUT2D eigenvalue weighted by Gasteiger charge is -2.37. The van der Waals surface area contributed by atoms with E-state index in [1.165, 1.54) is 0 Å². The minimum atomic E-state index is -1.90. The molecule has 0 spiro atoms. The molecule has 0 heterocycles. The predicted octanol–water partition coefficient (Wildman–Crippen LogP) is 2.10.